The molecule has 6 heteroatoms. The Bertz CT molecular complexity index is 314. The third kappa shape index (κ3) is 3.12. The Morgan fingerprint density at radius 3 is 2.50 bits per heavy atom. The van der Waals surface area contributed by atoms with Gasteiger partial charge in [0.25, 0.3) is 0 Å². The van der Waals surface area contributed by atoms with E-state index < -0.39 is 23.1 Å². The van der Waals surface area contributed by atoms with Crippen LogP contribution in [0.1, 0.15) is 5.56 Å². The molecule has 0 bridgehead atoms. The van der Waals surface area contributed by atoms with Gasteiger partial charge >= 0.3 is 6.18 Å². The molecule has 0 saturated carbocycles. The van der Waals surface area contributed by atoms with Crippen LogP contribution in [0.5, 0.6) is 0 Å². The van der Waals surface area contributed by atoms with Gasteiger partial charge in [-0.2, -0.15) is 13.2 Å². The molecule has 1 aromatic rings. The van der Waals surface area contributed by atoms with Crippen LogP contribution < -0.4 is 4.72 Å². The maximum Gasteiger partial charge on any atom is 0.416 e. The van der Waals surface area contributed by atoms with Gasteiger partial charge in [0.1, 0.15) is 6.26 Å². The predicted octanol–water partition coefficient (Wildman–Crippen LogP) is 2.41. The number of hydrogen-bond acceptors (Lipinski definition) is 2. The fourth-order valence-electron chi connectivity index (χ4n) is 0.925. The lowest BCUT2D eigenvalue weighted by Gasteiger charge is -2.10. The lowest BCUT2D eigenvalue weighted by molar-refractivity contribution is -0.137. The second kappa shape index (κ2) is 4.10. The lowest BCUT2D eigenvalue weighted by atomic mass is 10.2. The maximum atomic E-state index is 12.2. The third-order valence-electron chi connectivity index (χ3n) is 1.45. The van der Waals surface area contributed by atoms with Crippen LogP contribution in [-0.2, 0) is 17.5 Å². The molecular weight excluding hydrogens is 215 g/mol. The van der Waals surface area contributed by atoms with Gasteiger partial charge in [-0.15, -0.1) is 0 Å². The Labute approximate surface area is 82.4 Å². The van der Waals surface area contributed by atoms with Gasteiger partial charge in [0.05, 0.1) is 22.6 Å². The van der Waals surface area contributed by atoms with Gasteiger partial charge in [0.2, 0.25) is 0 Å². The van der Waals surface area contributed by atoms with Crippen molar-refractivity contribution in [3.8, 4) is 0 Å². The van der Waals surface area contributed by atoms with Crippen molar-refractivity contribution in [2.75, 3.05) is 11.0 Å². The fourth-order valence-corrected chi connectivity index (χ4v) is 1.38. The first-order valence-corrected chi connectivity index (χ1v) is 5.23. The summed E-state index contributed by atoms with van der Waals surface area (Å²) < 4.78 is 49.7. The van der Waals surface area contributed by atoms with Crippen LogP contribution in [0, 0.1) is 0 Å². The van der Waals surface area contributed by atoms with Gasteiger partial charge in [0.15, 0.2) is 0 Å². The Morgan fingerprint density at radius 1 is 1.36 bits per heavy atom. The van der Waals surface area contributed by atoms with E-state index in [0.29, 0.717) is 0 Å². The molecule has 1 aromatic carbocycles. The summed E-state index contributed by atoms with van der Waals surface area (Å²) >= 11 is -1.37. The monoisotopic (exact) mass is 223 g/mol. The maximum absolute atomic E-state index is 12.2. The van der Waals surface area contributed by atoms with E-state index in [1.807, 2.05) is 0 Å². The molecule has 2 nitrogen and oxygen atoms in total. The summed E-state index contributed by atoms with van der Waals surface area (Å²) in [6.45, 7) is 0. The second-order valence-corrected chi connectivity index (χ2v) is 3.75. The highest BCUT2D eigenvalue weighted by atomic mass is 32.2. The van der Waals surface area contributed by atoms with Crippen molar-refractivity contribution >= 4 is 17.0 Å². The predicted molar refractivity (Wildman–Crippen MR) is 49.1 cm³/mol. The molecule has 0 heterocycles. The number of halogens is 3. The summed E-state index contributed by atoms with van der Waals surface area (Å²) in [5, 5.41) is 0. The van der Waals surface area contributed by atoms with Gasteiger partial charge < -0.3 is 4.55 Å². The highest BCUT2D eigenvalue weighted by molar-refractivity contribution is 7.92. The Balaban J connectivity index is 2.90. The molecule has 14 heavy (non-hydrogen) atoms. The van der Waals surface area contributed by atoms with E-state index in [0.717, 1.165) is 12.1 Å². The van der Waals surface area contributed by atoms with Crippen molar-refractivity contribution in [2.24, 2.45) is 0 Å². The van der Waals surface area contributed by atoms with Gasteiger partial charge in [-0.3, -0.25) is 0 Å². The largest absolute Gasteiger partial charge is 0.593 e. The zero-order valence-electron chi connectivity index (χ0n) is 7.26. The van der Waals surface area contributed by atoms with Gasteiger partial charge in [-0.25, -0.2) is 4.72 Å². The number of nitrogens with one attached hydrogen (secondary N) is 1. The molecule has 1 unspecified atom stereocenters. The average molecular weight is 223 g/mol. The summed E-state index contributed by atoms with van der Waals surface area (Å²) in [5.41, 5.74) is -0.561. The van der Waals surface area contributed by atoms with E-state index in [4.69, 9.17) is 0 Å². The molecule has 0 spiro atoms. The zero-order valence-corrected chi connectivity index (χ0v) is 8.08. The summed E-state index contributed by atoms with van der Waals surface area (Å²) in [6.07, 6.45) is -3.02. The van der Waals surface area contributed by atoms with Crippen LogP contribution in [0.25, 0.3) is 0 Å². The molecule has 0 saturated heterocycles. The number of hydrogen-bond donors (Lipinski definition) is 1. The molecule has 1 atom stereocenters. The summed E-state index contributed by atoms with van der Waals surface area (Å²) in [7, 11) is 0. The minimum absolute atomic E-state index is 0.195. The van der Waals surface area contributed by atoms with E-state index in [1.54, 1.807) is 0 Å². The SMILES string of the molecule is C[S+]([O-])Nc1cccc(C(F)(F)F)c1. The third-order valence-corrected chi connectivity index (χ3v) is 1.97. The van der Waals surface area contributed by atoms with Crippen LogP contribution in [0.2, 0.25) is 0 Å². The molecule has 0 radical (unpaired) electrons. The molecular formula is C8H8F3NOS. The van der Waals surface area contributed by atoms with E-state index in [9.17, 15) is 17.7 Å². The Morgan fingerprint density at radius 2 is 2.00 bits per heavy atom. The van der Waals surface area contributed by atoms with Crippen LogP contribution in [0.4, 0.5) is 18.9 Å². The fraction of sp³-hybridized carbons (Fsp3) is 0.250. The first kappa shape index (κ1) is 11.2. The molecule has 0 fully saturated rings. The van der Waals surface area contributed by atoms with Crippen molar-refractivity contribution in [1.29, 1.82) is 0 Å². The number of anilines is 1. The van der Waals surface area contributed by atoms with Crippen LogP contribution in [-0.4, -0.2) is 10.8 Å². The lowest BCUT2D eigenvalue weighted by Crippen LogP contribution is -2.11. The average Bonchev–Trinajstić information content (AvgIpc) is 2.01. The van der Waals surface area contributed by atoms with E-state index in [1.165, 1.54) is 18.4 Å². The summed E-state index contributed by atoms with van der Waals surface area (Å²) in [6, 6.07) is 4.57. The second-order valence-electron chi connectivity index (χ2n) is 2.63. The van der Waals surface area contributed by atoms with Gasteiger partial charge in [-0.1, -0.05) is 6.07 Å². The van der Waals surface area contributed by atoms with Crippen LogP contribution >= 0.6 is 0 Å². The van der Waals surface area contributed by atoms with Crippen molar-refractivity contribution < 1.29 is 17.7 Å². The molecule has 0 aliphatic rings. The minimum atomic E-state index is -4.37. The topological polar surface area (TPSA) is 35.1 Å². The van der Waals surface area contributed by atoms with Gasteiger partial charge in [0, 0.05) is 0 Å². The number of rotatable bonds is 2. The van der Waals surface area contributed by atoms with Crippen molar-refractivity contribution in [2.45, 2.75) is 6.18 Å². The number of benzene rings is 1. The smallest absolute Gasteiger partial charge is 0.416 e. The summed E-state index contributed by atoms with van der Waals surface area (Å²) in [5.74, 6) is 0. The highest BCUT2D eigenvalue weighted by Gasteiger charge is 2.30. The molecule has 0 aliphatic heterocycles. The standard InChI is InChI=1S/C8H8F3NOS/c1-14(13)12-7-4-2-3-6(5-7)8(9,10)11/h2-5,12H,1H3. The first-order chi connectivity index (χ1) is 6.39. The zero-order chi connectivity index (χ0) is 10.8. The van der Waals surface area contributed by atoms with E-state index in [2.05, 4.69) is 4.72 Å². The molecule has 0 aromatic heterocycles. The molecule has 1 rings (SSSR count). The van der Waals surface area contributed by atoms with Crippen LogP contribution in [0.3, 0.4) is 0 Å². The Kier molecular flexibility index (Phi) is 3.28. The van der Waals surface area contributed by atoms with Gasteiger partial charge in [-0.05, 0) is 18.2 Å². The molecule has 0 amide bonds. The molecule has 78 valence electrons. The summed E-state index contributed by atoms with van der Waals surface area (Å²) in [4.78, 5) is 0. The molecule has 0 aliphatic carbocycles. The Hall–Kier alpha value is -0.880. The number of alkyl halides is 3. The van der Waals surface area contributed by atoms with E-state index in [-0.39, 0.29) is 5.69 Å². The van der Waals surface area contributed by atoms with E-state index >= 15 is 0 Å². The van der Waals surface area contributed by atoms with Crippen LogP contribution in [0.15, 0.2) is 24.3 Å². The van der Waals surface area contributed by atoms with Crippen molar-refractivity contribution in [3.05, 3.63) is 29.8 Å². The van der Waals surface area contributed by atoms with Crippen molar-refractivity contribution in [3.63, 3.8) is 0 Å². The highest BCUT2D eigenvalue weighted by Crippen LogP contribution is 2.30. The molecule has 1 N–H and O–H groups in total. The quantitative estimate of drug-likeness (QED) is 0.781. The first-order valence-electron chi connectivity index (χ1n) is 3.67. The minimum Gasteiger partial charge on any atom is -0.593 e. The van der Waals surface area contributed by atoms with Crippen molar-refractivity contribution in [1.82, 2.24) is 0 Å². The normalized spacial score (nSPS) is 13.8.